The van der Waals surface area contributed by atoms with Crippen LogP contribution >= 0.6 is 0 Å². The molecule has 2 aromatic carbocycles. The Morgan fingerprint density at radius 2 is 0.753 bits per heavy atom. The molecule has 0 amide bonds. The van der Waals surface area contributed by atoms with E-state index in [1.165, 1.54) is 193 Å². The number of ether oxygens (including phenoxy) is 4. The van der Waals surface area contributed by atoms with E-state index < -0.39 is 8.32 Å². The lowest BCUT2D eigenvalue weighted by Crippen LogP contribution is -2.43. The second-order valence-corrected chi connectivity index (χ2v) is 27.2. The highest BCUT2D eigenvalue weighted by Gasteiger charge is 2.37. The van der Waals surface area contributed by atoms with Gasteiger partial charge in [-0.25, -0.2) is 0 Å². The number of hydrogen-bond donors (Lipinski definition) is 1. The molecule has 1 N–H and O–H groups in total. The van der Waals surface area contributed by atoms with Crippen LogP contribution in [0.2, 0.25) is 18.1 Å². The lowest BCUT2D eigenvalue weighted by Gasteiger charge is -2.37. The topological polar surface area (TPSA) is 114 Å². The number of aliphatic hydroxyl groups is 1. The highest BCUT2D eigenvalue weighted by Crippen LogP contribution is 2.36. The van der Waals surface area contributed by atoms with Gasteiger partial charge in [0.15, 0.2) is 8.32 Å². The van der Waals surface area contributed by atoms with Gasteiger partial charge in [0.05, 0.1) is 62.9 Å². The van der Waals surface area contributed by atoms with Gasteiger partial charge < -0.3 is 28.5 Å². The smallest absolute Gasteiger partial charge is 0.192 e. The lowest BCUT2D eigenvalue weighted by molar-refractivity contribution is -0.0503. The first-order chi connectivity index (χ1) is 35.5. The number of hydrogen-bond acceptors (Lipinski definition) is 8. The van der Waals surface area contributed by atoms with Crippen molar-refractivity contribution in [3.8, 4) is 12.1 Å². The van der Waals surface area contributed by atoms with Crippen LogP contribution in [0.3, 0.4) is 0 Å². The Morgan fingerprint density at radius 3 is 1.07 bits per heavy atom. The summed E-state index contributed by atoms with van der Waals surface area (Å²) in [6, 6.07) is 19.5. The molecule has 0 aliphatic carbocycles. The molecular formula is C64H112N2O6Si. The van der Waals surface area contributed by atoms with Crippen molar-refractivity contribution in [3.05, 3.63) is 70.8 Å². The van der Waals surface area contributed by atoms with Crippen LogP contribution in [0.15, 0.2) is 48.5 Å². The quantitative estimate of drug-likeness (QED) is 0.0515. The van der Waals surface area contributed by atoms with Crippen molar-refractivity contribution < 1.29 is 28.5 Å². The molecule has 9 heteroatoms. The minimum atomic E-state index is -1.88. The Kier molecular flexibility index (Phi) is 44.8. The SMILES string of the molecule is CCCCCCCCCCCCCCCCCCOC[C@H](CO)OCc1ccccc1C#N.CCCCCCCCCCCCCCCCCCOC[C@H](CO[Si](C)(C)C(C)(C)C)OCc1ccccc1C#N. The number of aliphatic hydroxyl groups excluding tert-OH is 1. The molecule has 0 aromatic heterocycles. The number of unbranched alkanes of at least 4 members (excludes halogenated alkanes) is 30. The molecule has 0 radical (unpaired) electrons. The molecule has 2 aromatic rings. The van der Waals surface area contributed by atoms with Gasteiger partial charge in [-0.3, -0.25) is 0 Å². The second-order valence-electron chi connectivity index (χ2n) is 22.4. The van der Waals surface area contributed by atoms with Crippen LogP contribution < -0.4 is 0 Å². The van der Waals surface area contributed by atoms with Gasteiger partial charge in [0.2, 0.25) is 0 Å². The van der Waals surface area contributed by atoms with Crippen molar-refractivity contribution in [2.45, 2.75) is 284 Å². The van der Waals surface area contributed by atoms with Gasteiger partial charge in [-0.2, -0.15) is 10.5 Å². The van der Waals surface area contributed by atoms with Crippen molar-refractivity contribution >= 4 is 8.32 Å². The third kappa shape index (κ3) is 38.6. The Hall–Kier alpha value is -2.60. The zero-order chi connectivity index (χ0) is 53.4. The lowest BCUT2D eigenvalue weighted by atomic mass is 10.0. The Labute approximate surface area is 451 Å². The number of rotatable bonds is 48. The molecule has 418 valence electrons. The molecule has 73 heavy (non-hydrogen) atoms. The van der Waals surface area contributed by atoms with Gasteiger partial charge >= 0.3 is 0 Å². The molecule has 0 spiro atoms. The summed E-state index contributed by atoms with van der Waals surface area (Å²) in [5, 5.41) is 28.2. The molecule has 2 atom stereocenters. The molecule has 0 bridgehead atoms. The summed E-state index contributed by atoms with van der Waals surface area (Å²) in [7, 11) is -1.88. The maximum atomic E-state index is 9.50. The molecule has 0 heterocycles. The van der Waals surface area contributed by atoms with Crippen molar-refractivity contribution in [2.75, 3.05) is 39.6 Å². The monoisotopic (exact) mass is 1030 g/mol. The molecule has 2 rings (SSSR count). The number of benzene rings is 2. The van der Waals surface area contributed by atoms with Crippen LogP contribution in [0, 0.1) is 22.7 Å². The summed E-state index contributed by atoms with van der Waals surface area (Å²) in [5.41, 5.74) is 3.04. The number of nitrogens with zero attached hydrogens (tertiary/aromatic N) is 2. The minimum Gasteiger partial charge on any atom is -0.414 e. The Balaban J connectivity index is 0.000000744. The summed E-state index contributed by atoms with van der Waals surface area (Å²) < 4.78 is 30.2. The van der Waals surface area contributed by atoms with E-state index >= 15 is 0 Å². The fourth-order valence-electron chi connectivity index (χ4n) is 8.68. The summed E-state index contributed by atoms with van der Waals surface area (Å²) in [5.74, 6) is 0. The summed E-state index contributed by atoms with van der Waals surface area (Å²) in [4.78, 5) is 0. The largest absolute Gasteiger partial charge is 0.414 e. The van der Waals surface area contributed by atoms with Crippen LogP contribution in [-0.4, -0.2) is 65.3 Å². The Morgan fingerprint density at radius 1 is 0.452 bits per heavy atom. The van der Waals surface area contributed by atoms with Gasteiger partial charge in [0.1, 0.15) is 12.2 Å². The van der Waals surface area contributed by atoms with Gasteiger partial charge in [-0.1, -0.05) is 264 Å². The van der Waals surface area contributed by atoms with Gasteiger partial charge in [0, 0.05) is 13.2 Å². The van der Waals surface area contributed by atoms with E-state index in [0.29, 0.717) is 50.8 Å². The van der Waals surface area contributed by atoms with Gasteiger partial charge in [0.25, 0.3) is 0 Å². The van der Waals surface area contributed by atoms with Crippen LogP contribution in [-0.2, 0) is 36.6 Å². The molecule has 0 unspecified atom stereocenters. The summed E-state index contributed by atoms with van der Waals surface area (Å²) >= 11 is 0. The van der Waals surface area contributed by atoms with Crippen molar-refractivity contribution in [2.24, 2.45) is 0 Å². The Bertz CT molecular complexity index is 1620. The van der Waals surface area contributed by atoms with E-state index in [1.54, 1.807) is 6.07 Å². The highest BCUT2D eigenvalue weighted by atomic mass is 28.4. The van der Waals surface area contributed by atoms with E-state index in [0.717, 1.165) is 30.6 Å². The molecular weight excluding hydrogens is 921 g/mol. The van der Waals surface area contributed by atoms with Crippen LogP contribution in [0.1, 0.15) is 262 Å². The predicted molar refractivity (Wildman–Crippen MR) is 310 cm³/mol. The van der Waals surface area contributed by atoms with Crippen LogP contribution in [0.25, 0.3) is 0 Å². The summed E-state index contributed by atoms with van der Waals surface area (Å²) in [6.07, 6.45) is 43.3. The minimum absolute atomic E-state index is 0.0757. The molecule has 0 saturated heterocycles. The average Bonchev–Trinajstić information content (AvgIpc) is 3.39. The highest BCUT2D eigenvalue weighted by molar-refractivity contribution is 6.74. The average molecular weight is 1030 g/mol. The van der Waals surface area contributed by atoms with E-state index in [9.17, 15) is 10.4 Å². The van der Waals surface area contributed by atoms with Gasteiger partial charge in [-0.15, -0.1) is 0 Å². The van der Waals surface area contributed by atoms with E-state index in [-0.39, 0.29) is 23.9 Å². The van der Waals surface area contributed by atoms with Crippen LogP contribution in [0.4, 0.5) is 0 Å². The zero-order valence-electron chi connectivity index (χ0n) is 48.4. The second kappa shape index (κ2) is 47.8. The van der Waals surface area contributed by atoms with Crippen molar-refractivity contribution in [3.63, 3.8) is 0 Å². The molecule has 8 nitrogen and oxygen atoms in total. The maximum absolute atomic E-state index is 9.50. The van der Waals surface area contributed by atoms with Crippen LogP contribution in [0.5, 0.6) is 0 Å². The third-order valence-corrected chi connectivity index (χ3v) is 19.3. The first-order valence-electron chi connectivity index (χ1n) is 30.1. The van der Waals surface area contributed by atoms with E-state index in [4.69, 9.17) is 28.6 Å². The standard InChI is InChI=1S/C35H63NO3Si.C29H49NO3/c1-7-8-9-10-11-12-13-14-15-16-17-18-19-20-21-24-27-37-30-34(31-39-40(5,6)35(2,3)4)38-29-33-26-23-22-25-32(33)28-36;1-2-3-4-5-6-7-8-9-10-11-12-13-14-15-16-19-22-32-26-29(24-31)33-25-28-21-18-17-20-27(28)23-30/h22-23,25-26,34H,7-21,24,27,29-31H2,1-6H3;17-18,20-21,29,31H,2-16,19,22,24-26H2,1H3/t34-;29-/m10/s1. The van der Waals surface area contributed by atoms with Crippen molar-refractivity contribution in [1.29, 1.82) is 10.5 Å². The first-order valence-corrected chi connectivity index (χ1v) is 33.0. The first kappa shape index (κ1) is 68.4. The fourth-order valence-corrected chi connectivity index (χ4v) is 9.71. The van der Waals surface area contributed by atoms with Gasteiger partial charge in [-0.05, 0) is 54.2 Å². The third-order valence-electron chi connectivity index (χ3n) is 14.8. The van der Waals surface area contributed by atoms with E-state index in [2.05, 4.69) is 59.9 Å². The fraction of sp³-hybridized carbons (Fsp3) is 0.781. The van der Waals surface area contributed by atoms with E-state index in [1.807, 2.05) is 42.5 Å². The van der Waals surface area contributed by atoms with Crippen molar-refractivity contribution in [1.82, 2.24) is 0 Å². The molecule has 0 aliphatic rings. The molecule has 0 saturated carbocycles. The molecule has 0 aliphatic heterocycles. The maximum Gasteiger partial charge on any atom is 0.192 e. The normalized spacial score (nSPS) is 12.5. The number of nitriles is 2. The molecule has 0 fully saturated rings. The zero-order valence-corrected chi connectivity index (χ0v) is 49.4. The summed E-state index contributed by atoms with van der Waals surface area (Å²) in [6.45, 7) is 19.5. The predicted octanol–water partition coefficient (Wildman–Crippen LogP) is 18.5.